The Morgan fingerprint density at radius 1 is 1.43 bits per heavy atom. The van der Waals surface area contributed by atoms with E-state index in [1.54, 1.807) is 0 Å². The molecule has 0 aromatic heterocycles. The highest BCUT2D eigenvalue weighted by Gasteiger charge is 2.43. The van der Waals surface area contributed by atoms with Crippen LogP contribution >= 0.6 is 0 Å². The normalized spacial score (nSPS) is 30.3. The quantitative estimate of drug-likeness (QED) is 0.780. The Bertz CT molecular complexity index is 612. The lowest BCUT2D eigenvalue weighted by atomic mass is 9.87. The van der Waals surface area contributed by atoms with Crippen LogP contribution in [0.15, 0.2) is 46.8 Å². The first-order chi connectivity index (χ1) is 10.3. The fraction of sp³-hybridized carbons (Fsp3) is 0.471. The van der Waals surface area contributed by atoms with E-state index in [9.17, 15) is 4.79 Å². The highest BCUT2D eigenvalue weighted by Crippen LogP contribution is 2.39. The number of hydrogen-bond acceptors (Lipinski definition) is 3. The van der Waals surface area contributed by atoms with E-state index in [-0.39, 0.29) is 24.7 Å². The lowest BCUT2D eigenvalue weighted by molar-refractivity contribution is -0.159. The predicted molar refractivity (Wildman–Crippen MR) is 78.4 cm³/mol. The van der Waals surface area contributed by atoms with Gasteiger partial charge in [-0.25, -0.2) is 0 Å². The molecule has 0 radical (unpaired) electrons. The molecule has 2 aliphatic carbocycles. The number of carbonyl (C=O) groups is 1. The SMILES string of the molecule is CCCN1C(=O)CO[C@@H]2C3=C(CC4=CC=CC4=C3)OC[C@H]21. The second-order valence-corrected chi connectivity index (χ2v) is 5.90. The molecule has 0 bridgehead atoms. The molecule has 0 aromatic rings. The van der Waals surface area contributed by atoms with Crippen LogP contribution in [0.5, 0.6) is 0 Å². The van der Waals surface area contributed by atoms with Gasteiger partial charge in [-0.15, -0.1) is 0 Å². The van der Waals surface area contributed by atoms with Crippen molar-refractivity contribution >= 4 is 5.91 Å². The van der Waals surface area contributed by atoms with E-state index >= 15 is 0 Å². The van der Waals surface area contributed by atoms with Crippen LogP contribution < -0.4 is 0 Å². The molecule has 2 aliphatic heterocycles. The number of hydrogen-bond donors (Lipinski definition) is 0. The van der Waals surface area contributed by atoms with E-state index in [4.69, 9.17) is 9.47 Å². The smallest absolute Gasteiger partial charge is 0.249 e. The standard InChI is InChI=1S/C17H19NO3/c1-2-6-18-14-9-20-15-8-12-5-3-4-11(12)7-13(15)17(14)21-10-16(18)19/h3-5,7,14,17H,2,6,8-10H2,1H3/t14-,17-/m1/s1. The molecule has 4 aliphatic rings. The zero-order chi connectivity index (χ0) is 14.4. The maximum Gasteiger partial charge on any atom is 0.249 e. The first kappa shape index (κ1) is 12.9. The van der Waals surface area contributed by atoms with Crippen molar-refractivity contribution in [3.63, 3.8) is 0 Å². The average Bonchev–Trinajstić information content (AvgIpc) is 2.95. The molecule has 0 N–H and O–H groups in total. The van der Waals surface area contributed by atoms with Gasteiger partial charge in [0, 0.05) is 18.5 Å². The first-order valence-corrected chi connectivity index (χ1v) is 7.64. The molecule has 21 heavy (non-hydrogen) atoms. The molecule has 4 rings (SSSR count). The summed E-state index contributed by atoms with van der Waals surface area (Å²) < 4.78 is 11.8. The Balaban J connectivity index is 1.67. The van der Waals surface area contributed by atoms with E-state index in [0.29, 0.717) is 6.61 Å². The number of amides is 1. The molecule has 110 valence electrons. The van der Waals surface area contributed by atoms with Crippen LogP contribution in [-0.4, -0.2) is 42.7 Å². The molecule has 0 saturated carbocycles. The van der Waals surface area contributed by atoms with Crippen LogP contribution in [0.2, 0.25) is 0 Å². The molecule has 1 amide bonds. The van der Waals surface area contributed by atoms with Gasteiger partial charge in [-0.3, -0.25) is 4.79 Å². The summed E-state index contributed by atoms with van der Waals surface area (Å²) in [5.41, 5.74) is 3.68. The van der Waals surface area contributed by atoms with Crippen LogP contribution in [0.25, 0.3) is 0 Å². The summed E-state index contributed by atoms with van der Waals surface area (Å²) >= 11 is 0. The van der Waals surface area contributed by atoms with Gasteiger partial charge in [0.15, 0.2) is 0 Å². The molecule has 4 nitrogen and oxygen atoms in total. The van der Waals surface area contributed by atoms with Gasteiger partial charge in [0.1, 0.15) is 25.1 Å². The van der Waals surface area contributed by atoms with Crippen LogP contribution in [-0.2, 0) is 14.3 Å². The van der Waals surface area contributed by atoms with Crippen LogP contribution in [0, 0.1) is 0 Å². The van der Waals surface area contributed by atoms with Gasteiger partial charge in [-0.1, -0.05) is 25.2 Å². The van der Waals surface area contributed by atoms with E-state index in [1.807, 2.05) is 4.90 Å². The van der Waals surface area contributed by atoms with Crippen molar-refractivity contribution in [3.8, 4) is 0 Å². The predicted octanol–water partition coefficient (Wildman–Crippen LogP) is 2.10. The molecular formula is C17H19NO3. The molecule has 1 fully saturated rings. The van der Waals surface area contributed by atoms with Crippen LogP contribution in [0.1, 0.15) is 19.8 Å². The Morgan fingerprint density at radius 2 is 2.33 bits per heavy atom. The first-order valence-electron chi connectivity index (χ1n) is 7.64. The summed E-state index contributed by atoms with van der Waals surface area (Å²) in [6, 6.07) is 0.0118. The number of fused-ring (bicyclic) bond motifs is 3. The van der Waals surface area contributed by atoms with Gasteiger partial charge < -0.3 is 14.4 Å². The average molecular weight is 285 g/mol. The molecule has 4 heteroatoms. The highest BCUT2D eigenvalue weighted by molar-refractivity contribution is 5.79. The van der Waals surface area contributed by atoms with E-state index in [1.165, 1.54) is 11.1 Å². The van der Waals surface area contributed by atoms with Gasteiger partial charge in [0.2, 0.25) is 5.91 Å². The van der Waals surface area contributed by atoms with Gasteiger partial charge in [-0.05, 0) is 23.6 Å². The van der Waals surface area contributed by atoms with E-state index < -0.39 is 0 Å². The second kappa shape index (κ2) is 4.88. The fourth-order valence-corrected chi connectivity index (χ4v) is 3.57. The number of ether oxygens (including phenoxy) is 2. The number of nitrogens with zero attached hydrogens (tertiary/aromatic N) is 1. The number of morpholine rings is 1. The minimum atomic E-state index is -0.0407. The fourth-order valence-electron chi connectivity index (χ4n) is 3.57. The number of allylic oxidation sites excluding steroid dienone is 5. The lowest BCUT2D eigenvalue weighted by Gasteiger charge is -2.45. The van der Waals surface area contributed by atoms with Crippen molar-refractivity contribution in [1.82, 2.24) is 4.90 Å². The largest absolute Gasteiger partial charge is 0.495 e. The van der Waals surface area contributed by atoms with Gasteiger partial charge in [0.05, 0.1) is 6.04 Å². The molecule has 0 spiro atoms. The zero-order valence-corrected chi connectivity index (χ0v) is 12.2. The van der Waals surface area contributed by atoms with E-state index in [0.717, 1.165) is 30.7 Å². The number of rotatable bonds is 2. The third kappa shape index (κ3) is 1.97. The molecule has 0 unspecified atom stereocenters. The monoisotopic (exact) mass is 285 g/mol. The third-order valence-corrected chi connectivity index (χ3v) is 4.58. The highest BCUT2D eigenvalue weighted by atomic mass is 16.5. The molecule has 2 heterocycles. The van der Waals surface area contributed by atoms with Crippen molar-refractivity contribution in [2.24, 2.45) is 0 Å². The summed E-state index contributed by atoms with van der Waals surface area (Å²) in [5, 5.41) is 0. The zero-order valence-electron chi connectivity index (χ0n) is 12.2. The Hall–Kier alpha value is -1.81. The Labute approximate surface area is 124 Å². The maximum absolute atomic E-state index is 12.1. The van der Waals surface area contributed by atoms with Crippen molar-refractivity contribution in [2.45, 2.75) is 31.9 Å². The third-order valence-electron chi connectivity index (χ3n) is 4.58. The topological polar surface area (TPSA) is 38.8 Å². The Morgan fingerprint density at radius 3 is 3.19 bits per heavy atom. The molecule has 0 aromatic carbocycles. The summed E-state index contributed by atoms with van der Waals surface area (Å²) in [4.78, 5) is 14.0. The van der Waals surface area contributed by atoms with Crippen LogP contribution in [0.3, 0.4) is 0 Å². The van der Waals surface area contributed by atoms with Gasteiger partial charge in [-0.2, -0.15) is 0 Å². The van der Waals surface area contributed by atoms with Gasteiger partial charge >= 0.3 is 0 Å². The molecular weight excluding hydrogens is 266 g/mol. The van der Waals surface area contributed by atoms with Crippen molar-refractivity contribution in [2.75, 3.05) is 19.8 Å². The molecule has 2 atom stereocenters. The van der Waals surface area contributed by atoms with Gasteiger partial charge in [0.25, 0.3) is 0 Å². The van der Waals surface area contributed by atoms with Crippen molar-refractivity contribution in [3.05, 3.63) is 46.8 Å². The molecule has 1 saturated heterocycles. The maximum atomic E-state index is 12.1. The lowest BCUT2D eigenvalue weighted by Crippen LogP contribution is -2.58. The second-order valence-electron chi connectivity index (χ2n) is 5.90. The van der Waals surface area contributed by atoms with Crippen LogP contribution in [0.4, 0.5) is 0 Å². The van der Waals surface area contributed by atoms with Crippen molar-refractivity contribution < 1.29 is 14.3 Å². The minimum absolute atomic E-state index is 0.0118. The summed E-state index contributed by atoms with van der Waals surface area (Å²) in [5.74, 6) is 1.09. The summed E-state index contributed by atoms with van der Waals surface area (Å²) in [6.45, 7) is 3.59. The summed E-state index contributed by atoms with van der Waals surface area (Å²) in [6.07, 6.45) is 10.3. The van der Waals surface area contributed by atoms with E-state index in [2.05, 4.69) is 31.2 Å². The summed E-state index contributed by atoms with van der Waals surface area (Å²) in [7, 11) is 0. The Kier molecular flexibility index (Phi) is 3.00. The minimum Gasteiger partial charge on any atom is -0.495 e. The van der Waals surface area contributed by atoms with Crippen molar-refractivity contribution in [1.29, 1.82) is 0 Å². The number of carbonyl (C=O) groups excluding carboxylic acids is 1.